The number of hydrogen-bond donors (Lipinski definition) is 2. The van der Waals surface area contributed by atoms with Gasteiger partial charge in [-0.1, -0.05) is 54.3 Å². The van der Waals surface area contributed by atoms with E-state index in [1.54, 1.807) is 4.90 Å². The molecule has 0 bridgehead atoms. The minimum absolute atomic E-state index is 0.0195. The van der Waals surface area contributed by atoms with Crippen molar-refractivity contribution in [1.29, 1.82) is 0 Å². The molecule has 31 heteroatoms. The first-order valence-corrected chi connectivity index (χ1v) is 38.8. The van der Waals surface area contributed by atoms with Crippen molar-refractivity contribution >= 4 is 23.6 Å². The second kappa shape index (κ2) is 75.7. The molecule has 109 heavy (non-hydrogen) atoms. The number of ether oxygens (including phenoxy) is 25. The normalized spacial score (nSPS) is 13.8. The average Bonchev–Trinajstić information content (AvgIpc) is 0.806. The number of carbonyl (C=O) groups is 3. The Morgan fingerprint density at radius 1 is 0.312 bits per heavy atom. The molecule has 31 nitrogen and oxygen atoms in total. The maximum atomic E-state index is 13.3. The van der Waals surface area contributed by atoms with Crippen LogP contribution in [0.5, 0.6) is 0 Å². The van der Waals surface area contributed by atoms with Gasteiger partial charge in [0.15, 0.2) is 0 Å². The zero-order valence-corrected chi connectivity index (χ0v) is 64.7. The molecule has 0 saturated carbocycles. The van der Waals surface area contributed by atoms with Gasteiger partial charge < -0.3 is 134 Å². The maximum Gasteiger partial charge on any atom is 0.407 e. The third-order valence-electron chi connectivity index (χ3n) is 15.4. The highest BCUT2D eigenvalue weighted by Gasteiger charge is 2.22. The highest BCUT2D eigenvalue weighted by atomic mass is 16.6. The molecular formula is C78H129N3O28. The average molecular weight is 1560 g/mol. The lowest BCUT2D eigenvalue weighted by Gasteiger charge is -2.26. The van der Waals surface area contributed by atoms with Gasteiger partial charge in [0.2, 0.25) is 11.8 Å². The summed E-state index contributed by atoms with van der Waals surface area (Å²) in [6.07, 6.45) is 9.09. The number of hydrogen-bond acceptors (Lipinski definition) is 28. The summed E-state index contributed by atoms with van der Waals surface area (Å²) >= 11 is 0. The molecule has 0 radical (unpaired) electrons. The first-order chi connectivity index (χ1) is 54.1. The Hall–Kier alpha value is -5.01. The Kier molecular flexibility index (Phi) is 66.9. The molecule has 2 aliphatic rings. The number of allylic oxidation sites excluding steroid dienone is 2. The van der Waals surface area contributed by atoms with Crippen LogP contribution in [0.25, 0.3) is 0 Å². The molecule has 1 unspecified atom stereocenters. The SMILES string of the molecule is O=C(CCOCCOCCOCCOCCOCCOCCOCCOCCOCCOCCOCCOCCOCCOCCOCCOCCOCCOCCOCCOCCOCCOCCOCCOCCNC(=O)OC1CC/C=C/CCC1)NCCC(=O)N1Cc2ccccc2C#Cc2ccccc21. The molecule has 2 aromatic carbocycles. The van der Waals surface area contributed by atoms with Crippen LogP contribution >= 0.6 is 0 Å². The summed E-state index contributed by atoms with van der Waals surface area (Å²) in [6.45, 7) is 23.0. The second-order valence-corrected chi connectivity index (χ2v) is 23.9. The van der Waals surface area contributed by atoms with Crippen LogP contribution in [0.15, 0.2) is 60.7 Å². The van der Waals surface area contributed by atoms with Crippen molar-refractivity contribution < 1.29 is 133 Å². The maximum absolute atomic E-state index is 13.3. The summed E-state index contributed by atoms with van der Waals surface area (Å²) in [5.74, 6) is 6.16. The van der Waals surface area contributed by atoms with Gasteiger partial charge in [0.1, 0.15) is 6.10 Å². The summed E-state index contributed by atoms with van der Waals surface area (Å²) in [5.41, 5.74) is 3.44. The summed E-state index contributed by atoms with van der Waals surface area (Å²) in [5, 5.41) is 5.57. The van der Waals surface area contributed by atoms with Gasteiger partial charge in [-0.2, -0.15) is 0 Å². The van der Waals surface area contributed by atoms with Crippen LogP contribution in [0.1, 0.15) is 61.6 Å². The van der Waals surface area contributed by atoms with Crippen LogP contribution in [-0.2, 0) is 135 Å². The lowest BCUT2D eigenvalue weighted by Crippen LogP contribution is -2.35. The Bertz CT molecular complexity index is 2500. The minimum atomic E-state index is -0.384. The predicted molar refractivity (Wildman–Crippen MR) is 402 cm³/mol. The lowest BCUT2D eigenvalue weighted by molar-refractivity contribution is -0.122. The van der Waals surface area contributed by atoms with Crippen molar-refractivity contribution in [3.05, 3.63) is 77.4 Å². The number of alkyl carbamates (subject to hydrolysis) is 1. The zero-order chi connectivity index (χ0) is 76.8. The predicted octanol–water partition coefficient (Wildman–Crippen LogP) is 4.84. The van der Waals surface area contributed by atoms with Gasteiger partial charge >= 0.3 is 6.09 Å². The van der Waals surface area contributed by atoms with E-state index in [4.69, 9.17) is 118 Å². The summed E-state index contributed by atoms with van der Waals surface area (Å²) in [4.78, 5) is 39.5. The van der Waals surface area contributed by atoms with Gasteiger partial charge in [0.25, 0.3) is 0 Å². The number of rotatable bonds is 79. The molecule has 2 aromatic rings. The molecule has 3 amide bonds. The Labute approximate surface area is 646 Å². The molecule has 0 spiro atoms. The third kappa shape index (κ3) is 60.3. The van der Waals surface area contributed by atoms with Gasteiger partial charge in [-0.15, -0.1) is 0 Å². The number of benzene rings is 2. The van der Waals surface area contributed by atoms with Gasteiger partial charge in [-0.3, -0.25) is 9.59 Å². The van der Waals surface area contributed by atoms with Crippen LogP contribution in [0.3, 0.4) is 0 Å². The number of carbonyl (C=O) groups excluding carboxylic acids is 3. The van der Waals surface area contributed by atoms with E-state index in [0.29, 0.717) is 324 Å². The molecule has 2 N–H and O–H groups in total. The number of nitrogens with zero attached hydrogens (tertiary/aromatic N) is 1. The standard InChI is InChI=1S/C78H129N3O28/c82-76(79-20-18-77(83)81-70-73-12-7-6-10-71(73)16-17-72-11-8-9-15-75(72)81)19-22-85-24-26-87-28-30-89-32-34-91-36-38-93-40-42-95-44-46-97-48-50-99-52-54-101-56-58-103-60-62-105-64-66-107-68-69-108-67-65-106-63-61-104-59-57-102-55-53-100-51-49-98-47-45-96-43-41-94-39-37-92-35-33-90-31-29-88-27-25-86-23-21-80-78(84)109-74-13-4-2-1-3-5-14-74/h1-2,6-12,15,74H,3-5,13-14,18-70H2,(H,79,82)(H,80,84)/b2-1+. The van der Waals surface area contributed by atoms with Crippen molar-refractivity contribution in [3.8, 4) is 11.8 Å². The molecule has 1 heterocycles. The molecule has 624 valence electrons. The van der Waals surface area contributed by atoms with Crippen LogP contribution in [-0.4, -0.2) is 354 Å². The fourth-order valence-corrected chi connectivity index (χ4v) is 9.73. The molecule has 1 atom stereocenters. The van der Waals surface area contributed by atoms with Gasteiger partial charge in [-0.25, -0.2) is 4.79 Å². The first-order valence-electron chi connectivity index (χ1n) is 38.8. The lowest BCUT2D eigenvalue weighted by atomic mass is 10.0. The largest absolute Gasteiger partial charge is 0.446 e. The zero-order valence-electron chi connectivity index (χ0n) is 64.7. The Morgan fingerprint density at radius 3 is 0.963 bits per heavy atom. The van der Waals surface area contributed by atoms with Gasteiger partial charge in [0, 0.05) is 37.1 Å². The van der Waals surface area contributed by atoms with Crippen molar-refractivity contribution in [2.75, 3.05) is 335 Å². The van der Waals surface area contributed by atoms with Crippen molar-refractivity contribution in [2.24, 2.45) is 0 Å². The highest BCUT2D eigenvalue weighted by Crippen LogP contribution is 2.26. The van der Waals surface area contributed by atoms with E-state index in [1.165, 1.54) is 0 Å². The molecular weight excluding hydrogens is 1430 g/mol. The van der Waals surface area contributed by atoms with E-state index in [9.17, 15) is 14.4 Å². The van der Waals surface area contributed by atoms with E-state index in [0.717, 1.165) is 54.5 Å². The van der Waals surface area contributed by atoms with Crippen LogP contribution in [0, 0.1) is 11.8 Å². The topological polar surface area (TPSA) is 309 Å². The Balaban J connectivity index is 0.699. The minimum Gasteiger partial charge on any atom is -0.446 e. The number of anilines is 1. The molecule has 1 aliphatic heterocycles. The first kappa shape index (κ1) is 96.4. The van der Waals surface area contributed by atoms with Gasteiger partial charge in [0.05, 0.1) is 329 Å². The highest BCUT2D eigenvalue weighted by molar-refractivity contribution is 5.95. The van der Waals surface area contributed by atoms with E-state index in [-0.39, 0.29) is 50.0 Å². The monoisotopic (exact) mass is 1560 g/mol. The molecule has 0 aromatic heterocycles. The number of para-hydroxylation sites is 1. The van der Waals surface area contributed by atoms with E-state index >= 15 is 0 Å². The summed E-state index contributed by atoms with van der Waals surface area (Å²) in [7, 11) is 0. The Morgan fingerprint density at radius 2 is 0.606 bits per heavy atom. The van der Waals surface area contributed by atoms with E-state index < -0.39 is 0 Å². The summed E-state index contributed by atoms with van der Waals surface area (Å²) < 4.78 is 138. The van der Waals surface area contributed by atoms with Crippen LogP contribution in [0.2, 0.25) is 0 Å². The number of fused-ring (bicyclic) bond motifs is 2. The quantitative estimate of drug-likeness (QED) is 0.0508. The molecule has 0 saturated heterocycles. The van der Waals surface area contributed by atoms with E-state index in [2.05, 4.69) is 34.6 Å². The summed E-state index contributed by atoms with van der Waals surface area (Å²) in [6, 6.07) is 15.4. The number of amides is 3. The van der Waals surface area contributed by atoms with Crippen molar-refractivity contribution in [1.82, 2.24) is 10.6 Å². The fourth-order valence-electron chi connectivity index (χ4n) is 9.73. The van der Waals surface area contributed by atoms with Crippen molar-refractivity contribution in [3.63, 3.8) is 0 Å². The second-order valence-electron chi connectivity index (χ2n) is 23.9. The molecule has 1 aliphatic carbocycles. The molecule has 0 fully saturated rings. The number of nitrogens with one attached hydrogen (secondary N) is 2. The van der Waals surface area contributed by atoms with E-state index in [1.807, 2.05) is 48.5 Å². The smallest absolute Gasteiger partial charge is 0.407 e. The van der Waals surface area contributed by atoms with Crippen molar-refractivity contribution in [2.45, 2.75) is 57.6 Å². The van der Waals surface area contributed by atoms with Gasteiger partial charge in [-0.05, 0) is 55.9 Å². The fraction of sp³-hybridized carbons (Fsp3) is 0.756. The van der Waals surface area contributed by atoms with Crippen LogP contribution in [0.4, 0.5) is 10.5 Å². The third-order valence-corrected chi connectivity index (χ3v) is 15.4. The molecule has 4 rings (SSSR count). The van der Waals surface area contributed by atoms with Crippen LogP contribution < -0.4 is 15.5 Å².